The lowest BCUT2D eigenvalue weighted by Gasteiger charge is -2.25. The van der Waals surface area contributed by atoms with Crippen LogP contribution in [0.3, 0.4) is 0 Å². The van der Waals surface area contributed by atoms with Crippen LogP contribution in [-0.4, -0.2) is 21.5 Å². The smallest absolute Gasteiger partial charge is 0.226 e. The second-order valence-electron chi connectivity index (χ2n) is 5.09. The number of nitrogens with zero attached hydrogens (tertiary/aromatic N) is 4. The Kier molecular flexibility index (Phi) is 3.15. The first-order valence-electron chi connectivity index (χ1n) is 6.73. The van der Waals surface area contributed by atoms with Gasteiger partial charge in [-0.25, -0.2) is 9.97 Å². The minimum Gasteiger partial charge on any atom is -0.334 e. The van der Waals surface area contributed by atoms with Crippen LogP contribution >= 0.6 is 0 Å². The second kappa shape index (κ2) is 4.96. The van der Waals surface area contributed by atoms with E-state index < -0.39 is 0 Å². The molecule has 1 saturated heterocycles. The molecular formula is C15H18N4. The largest absolute Gasteiger partial charge is 0.334 e. The molecule has 3 rings (SSSR count). The molecule has 1 aliphatic heterocycles. The zero-order valence-corrected chi connectivity index (χ0v) is 11.4. The highest BCUT2D eigenvalue weighted by Gasteiger charge is 2.28. The molecule has 0 aromatic carbocycles. The van der Waals surface area contributed by atoms with E-state index in [0.717, 1.165) is 30.3 Å². The van der Waals surface area contributed by atoms with E-state index in [-0.39, 0.29) is 0 Å². The quantitative estimate of drug-likeness (QED) is 0.826. The summed E-state index contributed by atoms with van der Waals surface area (Å²) in [7, 11) is 0. The molecule has 1 fully saturated rings. The Labute approximate surface area is 113 Å². The molecule has 0 unspecified atom stereocenters. The average Bonchev–Trinajstić information content (AvgIpc) is 2.88. The lowest BCUT2D eigenvalue weighted by molar-refractivity contribution is 0.695. The molecule has 0 amide bonds. The molecule has 0 N–H and O–H groups in total. The first-order valence-corrected chi connectivity index (χ1v) is 6.73. The summed E-state index contributed by atoms with van der Waals surface area (Å²) < 4.78 is 0. The third-order valence-electron chi connectivity index (χ3n) is 3.55. The van der Waals surface area contributed by atoms with E-state index in [2.05, 4.69) is 25.9 Å². The highest BCUT2D eigenvalue weighted by atomic mass is 15.3. The predicted molar refractivity (Wildman–Crippen MR) is 75.1 cm³/mol. The molecule has 0 radical (unpaired) electrons. The fraction of sp³-hybridized carbons (Fsp3) is 0.400. The molecule has 0 spiro atoms. The molecule has 2 aromatic rings. The summed E-state index contributed by atoms with van der Waals surface area (Å²) in [6.45, 7) is 5.06. The van der Waals surface area contributed by atoms with Crippen LogP contribution in [0.25, 0.3) is 0 Å². The molecule has 4 nitrogen and oxygen atoms in total. The van der Waals surface area contributed by atoms with Crippen molar-refractivity contribution in [2.45, 2.75) is 32.7 Å². The SMILES string of the molecule is Cc1cc(C)nc(N2CCC[C@H]2c2cccnc2)n1. The topological polar surface area (TPSA) is 41.9 Å². The van der Waals surface area contributed by atoms with Crippen molar-refractivity contribution in [1.82, 2.24) is 15.0 Å². The van der Waals surface area contributed by atoms with Gasteiger partial charge in [0, 0.05) is 30.3 Å². The van der Waals surface area contributed by atoms with Crippen molar-refractivity contribution >= 4 is 5.95 Å². The first kappa shape index (κ1) is 12.1. The van der Waals surface area contributed by atoms with Crippen LogP contribution in [0.2, 0.25) is 0 Å². The summed E-state index contributed by atoms with van der Waals surface area (Å²) in [6, 6.07) is 6.50. The molecule has 98 valence electrons. The maximum Gasteiger partial charge on any atom is 0.226 e. The average molecular weight is 254 g/mol. The number of anilines is 1. The van der Waals surface area contributed by atoms with Crippen molar-refractivity contribution in [2.24, 2.45) is 0 Å². The molecule has 3 heterocycles. The Bertz CT molecular complexity index is 547. The zero-order chi connectivity index (χ0) is 13.2. The van der Waals surface area contributed by atoms with Gasteiger partial charge in [0.2, 0.25) is 5.95 Å². The molecule has 4 heteroatoms. The maximum absolute atomic E-state index is 4.59. The van der Waals surface area contributed by atoms with Crippen molar-refractivity contribution in [2.75, 3.05) is 11.4 Å². The van der Waals surface area contributed by atoms with Crippen LogP contribution in [0.15, 0.2) is 30.6 Å². The molecule has 0 saturated carbocycles. The van der Waals surface area contributed by atoms with Gasteiger partial charge in [0.25, 0.3) is 0 Å². The van der Waals surface area contributed by atoms with Gasteiger partial charge in [-0.2, -0.15) is 0 Å². The van der Waals surface area contributed by atoms with Crippen LogP contribution in [0.1, 0.15) is 35.8 Å². The van der Waals surface area contributed by atoms with Crippen molar-refractivity contribution in [3.63, 3.8) is 0 Å². The van der Waals surface area contributed by atoms with Gasteiger partial charge in [-0.05, 0) is 44.4 Å². The highest BCUT2D eigenvalue weighted by Crippen LogP contribution is 2.34. The summed E-state index contributed by atoms with van der Waals surface area (Å²) in [6.07, 6.45) is 6.08. The molecular weight excluding hydrogens is 236 g/mol. The number of aryl methyl sites for hydroxylation is 2. The van der Waals surface area contributed by atoms with Crippen molar-refractivity contribution in [3.05, 3.63) is 47.5 Å². The van der Waals surface area contributed by atoms with Crippen molar-refractivity contribution in [3.8, 4) is 0 Å². The number of hydrogen-bond donors (Lipinski definition) is 0. The van der Waals surface area contributed by atoms with Crippen molar-refractivity contribution in [1.29, 1.82) is 0 Å². The van der Waals surface area contributed by atoms with E-state index in [9.17, 15) is 0 Å². The second-order valence-corrected chi connectivity index (χ2v) is 5.09. The van der Waals surface area contributed by atoms with E-state index in [4.69, 9.17) is 0 Å². The number of rotatable bonds is 2. The lowest BCUT2D eigenvalue weighted by Crippen LogP contribution is -2.25. The molecule has 0 aliphatic carbocycles. The normalized spacial score (nSPS) is 18.8. The summed E-state index contributed by atoms with van der Waals surface area (Å²) >= 11 is 0. The van der Waals surface area contributed by atoms with E-state index in [1.807, 2.05) is 38.4 Å². The number of pyridine rings is 1. The molecule has 2 aromatic heterocycles. The predicted octanol–water partition coefficient (Wildman–Crippen LogP) is 2.83. The number of hydrogen-bond acceptors (Lipinski definition) is 4. The Balaban J connectivity index is 1.95. The van der Waals surface area contributed by atoms with Crippen LogP contribution < -0.4 is 4.90 Å². The van der Waals surface area contributed by atoms with E-state index in [1.54, 1.807) is 0 Å². The van der Waals surface area contributed by atoms with Gasteiger partial charge in [0.1, 0.15) is 0 Å². The maximum atomic E-state index is 4.59. The van der Waals surface area contributed by atoms with E-state index in [0.29, 0.717) is 6.04 Å². The van der Waals surface area contributed by atoms with Crippen LogP contribution in [0.5, 0.6) is 0 Å². The van der Waals surface area contributed by atoms with Gasteiger partial charge in [0.05, 0.1) is 6.04 Å². The minimum atomic E-state index is 0.356. The van der Waals surface area contributed by atoms with Gasteiger partial charge >= 0.3 is 0 Å². The van der Waals surface area contributed by atoms with Gasteiger partial charge in [0.15, 0.2) is 0 Å². The number of aromatic nitrogens is 3. The van der Waals surface area contributed by atoms with Crippen molar-refractivity contribution < 1.29 is 0 Å². The Hall–Kier alpha value is -1.97. The third kappa shape index (κ3) is 2.43. The van der Waals surface area contributed by atoms with Gasteiger partial charge in [-0.1, -0.05) is 6.07 Å². The van der Waals surface area contributed by atoms with Gasteiger partial charge < -0.3 is 4.90 Å². The Morgan fingerprint density at radius 1 is 1.21 bits per heavy atom. The Morgan fingerprint density at radius 2 is 2.00 bits per heavy atom. The minimum absolute atomic E-state index is 0.356. The van der Waals surface area contributed by atoms with Gasteiger partial charge in [-0.15, -0.1) is 0 Å². The van der Waals surface area contributed by atoms with Gasteiger partial charge in [-0.3, -0.25) is 4.98 Å². The summed E-state index contributed by atoms with van der Waals surface area (Å²) in [5, 5.41) is 0. The summed E-state index contributed by atoms with van der Waals surface area (Å²) in [5.41, 5.74) is 3.31. The lowest BCUT2D eigenvalue weighted by atomic mass is 10.1. The fourth-order valence-corrected chi connectivity index (χ4v) is 2.76. The summed E-state index contributed by atoms with van der Waals surface area (Å²) in [5.74, 6) is 0.851. The molecule has 1 aliphatic rings. The first-order chi connectivity index (χ1) is 9.24. The molecule has 0 bridgehead atoms. The summed E-state index contributed by atoms with van der Waals surface area (Å²) in [4.78, 5) is 15.7. The van der Waals surface area contributed by atoms with E-state index in [1.165, 1.54) is 12.0 Å². The standard InChI is InChI=1S/C15H18N4/c1-11-9-12(2)18-15(17-11)19-8-4-6-14(19)13-5-3-7-16-10-13/h3,5,7,9-10,14H,4,6,8H2,1-2H3/t14-/m0/s1. The molecule has 19 heavy (non-hydrogen) atoms. The third-order valence-corrected chi connectivity index (χ3v) is 3.55. The monoisotopic (exact) mass is 254 g/mol. The van der Waals surface area contributed by atoms with Crippen LogP contribution in [0, 0.1) is 13.8 Å². The highest BCUT2D eigenvalue weighted by molar-refractivity contribution is 5.39. The van der Waals surface area contributed by atoms with Crippen LogP contribution in [0.4, 0.5) is 5.95 Å². The van der Waals surface area contributed by atoms with Crippen LogP contribution in [-0.2, 0) is 0 Å². The fourth-order valence-electron chi connectivity index (χ4n) is 2.76. The zero-order valence-electron chi connectivity index (χ0n) is 11.4. The van der Waals surface area contributed by atoms with E-state index >= 15 is 0 Å². The molecule has 1 atom stereocenters. The Morgan fingerprint density at radius 3 is 2.68 bits per heavy atom.